The van der Waals surface area contributed by atoms with E-state index in [0.29, 0.717) is 16.9 Å². The SMILES string of the molecule is CC(=O)C(Cl)c1cc(N)cc(N)c1. The van der Waals surface area contributed by atoms with Crippen LogP contribution in [0.4, 0.5) is 11.4 Å². The fourth-order valence-corrected chi connectivity index (χ4v) is 1.21. The van der Waals surface area contributed by atoms with E-state index in [4.69, 9.17) is 23.1 Å². The summed E-state index contributed by atoms with van der Waals surface area (Å²) in [4.78, 5) is 11.0. The number of nitrogens with two attached hydrogens (primary N) is 2. The predicted octanol–water partition coefficient (Wildman–Crippen LogP) is 1.72. The summed E-state index contributed by atoms with van der Waals surface area (Å²) in [5, 5.41) is -0.661. The molecule has 0 saturated carbocycles. The fraction of sp³-hybridized carbons (Fsp3) is 0.222. The summed E-state index contributed by atoms with van der Waals surface area (Å²) in [5.41, 5.74) is 12.8. The van der Waals surface area contributed by atoms with Gasteiger partial charge in [0.25, 0.3) is 0 Å². The predicted molar refractivity (Wildman–Crippen MR) is 54.5 cm³/mol. The van der Waals surface area contributed by atoms with Gasteiger partial charge in [-0.15, -0.1) is 11.6 Å². The van der Waals surface area contributed by atoms with E-state index < -0.39 is 5.38 Å². The average Bonchev–Trinajstić information content (AvgIpc) is 2.01. The number of halogens is 1. The van der Waals surface area contributed by atoms with Crippen molar-refractivity contribution in [1.29, 1.82) is 0 Å². The summed E-state index contributed by atoms with van der Waals surface area (Å²) in [6.45, 7) is 1.43. The van der Waals surface area contributed by atoms with Gasteiger partial charge in [0.15, 0.2) is 5.78 Å². The first kappa shape index (κ1) is 9.86. The molecule has 0 heterocycles. The van der Waals surface area contributed by atoms with Gasteiger partial charge in [-0.3, -0.25) is 4.79 Å². The van der Waals surface area contributed by atoms with E-state index in [1.54, 1.807) is 18.2 Å². The highest BCUT2D eigenvalue weighted by Gasteiger charge is 2.13. The first-order chi connectivity index (χ1) is 6.00. The van der Waals surface area contributed by atoms with Crippen molar-refractivity contribution in [2.45, 2.75) is 12.3 Å². The monoisotopic (exact) mass is 198 g/mol. The lowest BCUT2D eigenvalue weighted by atomic mass is 10.1. The molecule has 0 fully saturated rings. The Bertz CT molecular complexity index is 318. The smallest absolute Gasteiger partial charge is 0.152 e. The van der Waals surface area contributed by atoms with Crippen molar-refractivity contribution < 1.29 is 4.79 Å². The van der Waals surface area contributed by atoms with E-state index in [-0.39, 0.29) is 5.78 Å². The van der Waals surface area contributed by atoms with Gasteiger partial charge in [-0.2, -0.15) is 0 Å². The van der Waals surface area contributed by atoms with Crippen LogP contribution in [0.5, 0.6) is 0 Å². The van der Waals surface area contributed by atoms with Crippen molar-refractivity contribution in [3.05, 3.63) is 23.8 Å². The number of hydrogen-bond acceptors (Lipinski definition) is 3. The number of carbonyl (C=O) groups excluding carboxylic acids is 1. The quantitative estimate of drug-likeness (QED) is 0.562. The van der Waals surface area contributed by atoms with Gasteiger partial charge in [-0.1, -0.05) is 0 Å². The van der Waals surface area contributed by atoms with E-state index in [0.717, 1.165) is 0 Å². The minimum atomic E-state index is -0.661. The summed E-state index contributed by atoms with van der Waals surface area (Å²) in [7, 11) is 0. The highest BCUT2D eigenvalue weighted by Crippen LogP contribution is 2.25. The van der Waals surface area contributed by atoms with Crippen molar-refractivity contribution in [2.24, 2.45) is 0 Å². The average molecular weight is 199 g/mol. The van der Waals surface area contributed by atoms with E-state index in [2.05, 4.69) is 0 Å². The summed E-state index contributed by atoms with van der Waals surface area (Å²) in [6.07, 6.45) is 0. The Morgan fingerprint density at radius 2 is 1.77 bits per heavy atom. The number of nitrogen functional groups attached to an aromatic ring is 2. The molecule has 0 bridgehead atoms. The number of Topliss-reactive ketones (excluding diaryl/α,β-unsaturated/α-hetero) is 1. The van der Waals surface area contributed by atoms with Gasteiger partial charge < -0.3 is 11.5 Å². The molecule has 13 heavy (non-hydrogen) atoms. The Kier molecular flexibility index (Phi) is 2.78. The summed E-state index contributed by atoms with van der Waals surface area (Å²) >= 11 is 5.82. The molecule has 0 spiro atoms. The van der Waals surface area contributed by atoms with Crippen LogP contribution < -0.4 is 11.5 Å². The first-order valence-corrected chi connectivity index (χ1v) is 4.25. The normalized spacial score (nSPS) is 12.5. The lowest BCUT2D eigenvalue weighted by Gasteiger charge is -2.07. The number of rotatable bonds is 2. The van der Waals surface area contributed by atoms with E-state index in [9.17, 15) is 4.79 Å². The zero-order chi connectivity index (χ0) is 10.0. The van der Waals surface area contributed by atoms with Gasteiger partial charge in [0.2, 0.25) is 0 Å². The molecular weight excluding hydrogens is 188 g/mol. The summed E-state index contributed by atoms with van der Waals surface area (Å²) in [5.74, 6) is -0.119. The number of anilines is 2. The molecule has 1 rings (SSSR count). The second kappa shape index (κ2) is 3.66. The molecular formula is C9H11ClN2O. The van der Waals surface area contributed by atoms with Crippen LogP contribution in [0.2, 0.25) is 0 Å². The highest BCUT2D eigenvalue weighted by molar-refractivity contribution is 6.30. The third kappa shape index (κ3) is 2.36. The largest absolute Gasteiger partial charge is 0.399 e. The van der Waals surface area contributed by atoms with Crippen LogP contribution in [-0.4, -0.2) is 5.78 Å². The number of benzene rings is 1. The van der Waals surface area contributed by atoms with Crippen LogP contribution in [0.1, 0.15) is 17.9 Å². The molecule has 4 heteroatoms. The molecule has 70 valence electrons. The van der Waals surface area contributed by atoms with Gasteiger partial charge in [-0.05, 0) is 30.7 Å². The molecule has 0 aliphatic heterocycles. The van der Waals surface area contributed by atoms with Crippen molar-refractivity contribution in [2.75, 3.05) is 11.5 Å². The number of alkyl halides is 1. The first-order valence-electron chi connectivity index (χ1n) is 3.81. The van der Waals surface area contributed by atoms with Crippen molar-refractivity contribution in [3.63, 3.8) is 0 Å². The van der Waals surface area contributed by atoms with E-state index in [1.807, 2.05) is 0 Å². The van der Waals surface area contributed by atoms with Gasteiger partial charge in [0.05, 0.1) is 0 Å². The lowest BCUT2D eigenvalue weighted by molar-refractivity contribution is -0.116. The van der Waals surface area contributed by atoms with Gasteiger partial charge in [0, 0.05) is 11.4 Å². The molecule has 0 amide bonds. The maximum absolute atomic E-state index is 11.0. The molecule has 0 aliphatic carbocycles. The van der Waals surface area contributed by atoms with Gasteiger partial charge >= 0.3 is 0 Å². The zero-order valence-electron chi connectivity index (χ0n) is 7.25. The maximum atomic E-state index is 11.0. The van der Waals surface area contributed by atoms with E-state index in [1.165, 1.54) is 6.92 Å². The molecule has 1 aromatic rings. The molecule has 0 aliphatic rings. The number of hydrogen-bond donors (Lipinski definition) is 2. The van der Waals surface area contributed by atoms with Crippen LogP contribution in [-0.2, 0) is 4.79 Å². The number of carbonyl (C=O) groups is 1. The topological polar surface area (TPSA) is 69.1 Å². The van der Waals surface area contributed by atoms with Gasteiger partial charge in [0.1, 0.15) is 5.38 Å². The second-order valence-corrected chi connectivity index (χ2v) is 3.34. The minimum Gasteiger partial charge on any atom is -0.399 e. The van der Waals surface area contributed by atoms with Crippen LogP contribution in [0.15, 0.2) is 18.2 Å². The van der Waals surface area contributed by atoms with Crippen LogP contribution in [0, 0.1) is 0 Å². The molecule has 0 radical (unpaired) electrons. The van der Waals surface area contributed by atoms with Crippen molar-refractivity contribution in [3.8, 4) is 0 Å². The molecule has 1 aromatic carbocycles. The molecule has 4 N–H and O–H groups in total. The molecule has 0 saturated heterocycles. The van der Waals surface area contributed by atoms with Crippen LogP contribution >= 0.6 is 11.6 Å². The van der Waals surface area contributed by atoms with Crippen molar-refractivity contribution in [1.82, 2.24) is 0 Å². The third-order valence-electron chi connectivity index (χ3n) is 1.65. The third-order valence-corrected chi connectivity index (χ3v) is 2.21. The maximum Gasteiger partial charge on any atom is 0.152 e. The lowest BCUT2D eigenvalue weighted by Crippen LogP contribution is -2.03. The van der Waals surface area contributed by atoms with Crippen LogP contribution in [0.3, 0.4) is 0 Å². The fourth-order valence-electron chi connectivity index (χ4n) is 1.08. The summed E-state index contributed by atoms with van der Waals surface area (Å²) < 4.78 is 0. The molecule has 3 nitrogen and oxygen atoms in total. The Labute approximate surface area is 81.7 Å². The Hall–Kier alpha value is -1.22. The van der Waals surface area contributed by atoms with Crippen molar-refractivity contribution >= 4 is 28.8 Å². The Balaban J connectivity index is 3.07. The summed E-state index contributed by atoms with van der Waals surface area (Å²) in [6, 6.07) is 4.91. The number of ketones is 1. The van der Waals surface area contributed by atoms with Gasteiger partial charge in [-0.25, -0.2) is 0 Å². The Morgan fingerprint density at radius 3 is 2.15 bits per heavy atom. The van der Waals surface area contributed by atoms with E-state index >= 15 is 0 Å². The molecule has 1 atom stereocenters. The molecule has 1 unspecified atom stereocenters. The zero-order valence-corrected chi connectivity index (χ0v) is 8.01. The second-order valence-electron chi connectivity index (χ2n) is 2.91. The molecule has 0 aromatic heterocycles. The Morgan fingerprint density at radius 1 is 1.31 bits per heavy atom. The van der Waals surface area contributed by atoms with Crippen LogP contribution in [0.25, 0.3) is 0 Å². The highest BCUT2D eigenvalue weighted by atomic mass is 35.5. The standard InChI is InChI=1S/C9H11ClN2O/c1-5(13)9(10)6-2-7(11)4-8(12)3-6/h2-4,9H,11-12H2,1H3. The minimum absolute atomic E-state index is 0.119.